The van der Waals surface area contributed by atoms with Gasteiger partial charge in [0.15, 0.2) is 11.2 Å². The zero-order valence-electron chi connectivity index (χ0n) is 13.3. The van der Waals surface area contributed by atoms with Crippen molar-refractivity contribution < 1.29 is 27.4 Å². The first kappa shape index (κ1) is 18.9. The molecule has 11 heteroatoms. The Bertz CT molecular complexity index is 734. The molecule has 0 aliphatic heterocycles. The smallest absolute Gasteiger partial charge is 0.414 e. The Morgan fingerprint density at radius 1 is 1.44 bits per heavy atom. The van der Waals surface area contributed by atoms with Gasteiger partial charge in [-0.05, 0) is 13.0 Å². The molecule has 3 N–H and O–H groups in total. The van der Waals surface area contributed by atoms with Crippen LogP contribution in [-0.4, -0.2) is 41.7 Å². The van der Waals surface area contributed by atoms with Gasteiger partial charge in [-0.1, -0.05) is 11.3 Å². The predicted octanol–water partition coefficient (Wildman–Crippen LogP) is 3.02. The Morgan fingerprint density at radius 3 is 2.72 bits per heavy atom. The van der Waals surface area contributed by atoms with Gasteiger partial charge in [0, 0.05) is 6.07 Å². The number of thiazole rings is 1. The number of rotatable bonds is 7. The average Bonchev–Trinajstić information content (AvgIpc) is 2.92. The molecule has 7 nitrogen and oxygen atoms in total. The third-order valence-corrected chi connectivity index (χ3v) is 4.06. The first-order valence-electron chi connectivity index (χ1n) is 6.95. The summed E-state index contributed by atoms with van der Waals surface area (Å²) in [5.74, 6) is -0.328. The normalized spacial score (nSPS) is 12.7. The van der Waals surface area contributed by atoms with Crippen molar-refractivity contribution in [3.63, 3.8) is 0 Å². The summed E-state index contributed by atoms with van der Waals surface area (Å²) in [5, 5.41) is 3.20. The molecule has 2 heterocycles. The van der Waals surface area contributed by atoms with Gasteiger partial charge < -0.3 is 20.5 Å². The van der Waals surface area contributed by atoms with Crippen molar-refractivity contribution in [2.75, 3.05) is 24.8 Å². The van der Waals surface area contributed by atoms with Crippen LogP contribution >= 0.6 is 11.3 Å². The van der Waals surface area contributed by atoms with Gasteiger partial charge in [-0.2, -0.15) is 13.2 Å². The third-order valence-electron chi connectivity index (χ3n) is 3.03. The van der Waals surface area contributed by atoms with Crippen molar-refractivity contribution in [3.05, 3.63) is 23.2 Å². The quantitative estimate of drug-likeness (QED) is 0.717. The summed E-state index contributed by atoms with van der Waals surface area (Å²) in [6.07, 6.45) is -5.09. The number of methoxy groups -OCH3 is 1. The van der Waals surface area contributed by atoms with Crippen LogP contribution in [-0.2, 0) is 4.74 Å². The molecule has 25 heavy (non-hydrogen) atoms. The van der Waals surface area contributed by atoms with Gasteiger partial charge in [-0.3, -0.25) is 4.79 Å². The second-order valence-electron chi connectivity index (χ2n) is 4.87. The van der Waals surface area contributed by atoms with Crippen LogP contribution in [0.2, 0.25) is 0 Å². The summed E-state index contributed by atoms with van der Waals surface area (Å²) in [6, 6.07) is 3.30. The van der Waals surface area contributed by atoms with Gasteiger partial charge in [-0.15, -0.1) is 0 Å². The molecule has 2 rings (SSSR count). The molecule has 0 fully saturated rings. The maximum atomic E-state index is 12.4. The number of pyridine rings is 1. The van der Waals surface area contributed by atoms with E-state index in [0.29, 0.717) is 16.7 Å². The molecular formula is C14H15F3N4O3S. The number of anilines is 3. The van der Waals surface area contributed by atoms with Crippen LogP contribution in [0.15, 0.2) is 18.3 Å². The SMILES string of the molecule is COc1ccc(Nc2nc(N)c(C(=O)COC(C)C(F)(F)F)s2)cn1. The average molecular weight is 376 g/mol. The fourth-order valence-corrected chi connectivity index (χ4v) is 2.47. The molecule has 2 aromatic heterocycles. The lowest BCUT2D eigenvalue weighted by molar-refractivity contribution is -0.210. The van der Waals surface area contributed by atoms with E-state index in [-0.39, 0.29) is 10.7 Å². The van der Waals surface area contributed by atoms with Crippen molar-refractivity contribution >= 4 is 33.8 Å². The number of nitrogen functional groups attached to an aromatic ring is 1. The number of nitrogens with one attached hydrogen (secondary N) is 1. The van der Waals surface area contributed by atoms with Crippen LogP contribution in [0.5, 0.6) is 5.88 Å². The largest absolute Gasteiger partial charge is 0.481 e. The number of nitrogens with zero attached hydrogens (tertiary/aromatic N) is 2. The minimum atomic E-state index is -4.53. The van der Waals surface area contributed by atoms with Crippen LogP contribution in [0, 0.1) is 0 Å². The van der Waals surface area contributed by atoms with Gasteiger partial charge in [0.2, 0.25) is 11.7 Å². The number of halogens is 3. The Hall–Kier alpha value is -2.40. The topological polar surface area (TPSA) is 99.4 Å². The summed E-state index contributed by atoms with van der Waals surface area (Å²) in [6.45, 7) is 0.0869. The van der Waals surface area contributed by atoms with E-state index in [1.165, 1.54) is 13.3 Å². The fraction of sp³-hybridized carbons (Fsp3) is 0.357. The van der Waals surface area contributed by atoms with Crippen molar-refractivity contribution in [2.24, 2.45) is 0 Å². The van der Waals surface area contributed by atoms with Crippen molar-refractivity contribution in [3.8, 4) is 5.88 Å². The highest BCUT2D eigenvalue weighted by Gasteiger charge is 2.37. The van der Waals surface area contributed by atoms with Crippen LogP contribution < -0.4 is 15.8 Å². The second kappa shape index (κ2) is 7.66. The summed E-state index contributed by atoms with van der Waals surface area (Å²) in [7, 11) is 1.48. The zero-order valence-corrected chi connectivity index (χ0v) is 14.1. The number of carbonyl (C=O) groups is 1. The molecule has 136 valence electrons. The summed E-state index contributed by atoms with van der Waals surface area (Å²) in [4.78, 5) is 20.0. The van der Waals surface area contributed by atoms with E-state index in [4.69, 9.17) is 10.5 Å². The molecule has 0 saturated heterocycles. The minimum Gasteiger partial charge on any atom is -0.481 e. The van der Waals surface area contributed by atoms with Crippen molar-refractivity contribution in [2.45, 2.75) is 19.2 Å². The van der Waals surface area contributed by atoms with E-state index >= 15 is 0 Å². The van der Waals surface area contributed by atoms with Gasteiger partial charge in [0.25, 0.3) is 0 Å². The molecule has 0 radical (unpaired) electrons. The van der Waals surface area contributed by atoms with Crippen LogP contribution in [0.1, 0.15) is 16.6 Å². The number of hydrogen-bond donors (Lipinski definition) is 2. The summed E-state index contributed by atoms with van der Waals surface area (Å²) in [5.41, 5.74) is 6.24. The van der Waals surface area contributed by atoms with Crippen LogP contribution in [0.3, 0.4) is 0 Å². The van der Waals surface area contributed by atoms with E-state index in [1.807, 2.05) is 0 Å². The maximum Gasteiger partial charge on any atom is 0.414 e. The van der Waals surface area contributed by atoms with E-state index in [2.05, 4.69) is 20.0 Å². The molecule has 1 unspecified atom stereocenters. The number of hydrogen-bond acceptors (Lipinski definition) is 8. The third kappa shape index (κ3) is 5.03. The summed E-state index contributed by atoms with van der Waals surface area (Å²) < 4.78 is 46.6. The van der Waals surface area contributed by atoms with E-state index in [9.17, 15) is 18.0 Å². The predicted molar refractivity (Wildman–Crippen MR) is 86.4 cm³/mol. The minimum absolute atomic E-state index is 0.0262. The molecule has 0 aromatic carbocycles. The standard InChI is InChI=1S/C14H15F3N4O3S/c1-7(14(15,16)17)24-6-9(22)11-12(18)21-13(25-11)20-8-3-4-10(23-2)19-5-8/h3-5,7H,6,18H2,1-2H3,(H,20,21). The van der Waals surface area contributed by atoms with E-state index in [1.54, 1.807) is 12.1 Å². The maximum absolute atomic E-state index is 12.4. The molecule has 2 aromatic rings. The molecule has 0 amide bonds. The number of ketones is 1. The molecule has 0 bridgehead atoms. The highest BCUT2D eigenvalue weighted by molar-refractivity contribution is 7.18. The van der Waals surface area contributed by atoms with E-state index < -0.39 is 24.7 Å². The summed E-state index contributed by atoms with van der Waals surface area (Å²) >= 11 is 0.915. The zero-order chi connectivity index (χ0) is 18.6. The molecule has 0 aliphatic carbocycles. The van der Waals surface area contributed by atoms with Crippen molar-refractivity contribution in [1.29, 1.82) is 0 Å². The lowest BCUT2D eigenvalue weighted by Crippen LogP contribution is -2.30. The van der Waals surface area contributed by atoms with Gasteiger partial charge in [0.1, 0.15) is 17.3 Å². The van der Waals surface area contributed by atoms with Gasteiger partial charge in [0.05, 0.1) is 19.0 Å². The molecule has 0 saturated carbocycles. The molecule has 1 atom stereocenters. The van der Waals surface area contributed by atoms with Gasteiger partial charge >= 0.3 is 6.18 Å². The van der Waals surface area contributed by atoms with Crippen LogP contribution in [0.4, 0.5) is 29.8 Å². The van der Waals surface area contributed by atoms with E-state index in [0.717, 1.165) is 18.3 Å². The highest BCUT2D eigenvalue weighted by atomic mass is 32.1. The van der Waals surface area contributed by atoms with Crippen molar-refractivity contribution in [1.82, 2.24) is 9.97 Å². The lowest BCUT2D eigenvalue weighted by Gasteiger charge is -2.15. The van der Waals surface area contributed by atoms with Crippen LogP contribution in [0.25, 0.3) is 0 Å². The lowest BCUT2D eigenvalue weighted by atomic mass is 10.3. The first-order valence-corrected chi connectivity index (χ1v) is 7.77. The fourth-order valence-electron chi connectivity index (χ4n) is 1.64. The Kier molecular flexibility index (Phi) is 5.80. The highest BCUT2D eigenvalue weighted by Crippen LogP contribution is 2.29. The molecule has 0 spiro atoms. The number of carbonyl (C=O) groups excluding carboxylic acids is 1. The molecule has 0 aliphatic rings. The second-order valence-corrected chi connectivity index (χ2v) is 5.86. The van der Waals surface area contributed by atoms with Gasteiger partial charge in [-0.25, -0.2) is 9.97 Å². The first-order chi connectivity index (χ1) is 11.7. The number of aromatic nitrogens is 2. The monoisotopic (exact) mass is 376 g/mol. The Balaban J connectivity index is 2.02. The molecular weight excluding hydrogens is 361 g/mol. The number of ether oxygens (including phenoxy) is 2. The number of alkyl halides is 3. The Labute approximate surface area is 145 Å². The number of nitrogens with two attached hydrogens (primary N) is 1. The Morgan fingerprint density at radius 2 is 2.16 bits per heavy atom. The number of Topliss-reactive ketones (excluding diaryl/α,β-unsaturated/α-hetero) is 1.